The first kappa shape index (κ1) is 20.1. The first-order chi connectivity index (χ1) is 12.0. The van der Waals surface area contributed by atoms with Crippen molar-refractivity contribution in [2.24, 2.45) is 11.8 Å². The molecule has 3 heteroatoms. The predicted molar refractivity (Wildman–Crippen MR) is 111 cm³/mol. The molecule has 25 heavy (non-hydrogen) atoms. The second-order valence-corrected chi connectivity index (χ2v) is 8.20. The standard InChI is InChI=1S/C22H31BrO2/c1-16(2)10-13-24-21-15-18(9-12-23)22(25-14-11-17(3)4)20-8-6-5-7-19(20)21/h5-8,15-17H,9-14H2,1-4H3. The second-order valence-electron chi connectivity index (χ2n) is 7.41. The van der Waals surface area contributed by atoms with E-state index < -0.39 is 0 Å². The van der Waals surface area contributed by atoms with Crippen molar-refractivity contribution in [3.63, 3.8) is 0 Å². The van der Waals surface area contributed by atoms with Gasteiger partial charge in [-0.25, -0.2) is 0 Å². The molecule has 2 nitrogen and oxygen atoms in total. The van der Waals surface area contributed by atoms with Crippen molar-refractivity contribution in [3.8, 4) is 11.5 Å². The van der Waals surface area contributed by atoms with Gasteiger partial charge in [0.05, 0.1) is 13.2 Å². The SMILES string of the molecule is CC(C)CCOc1cc(CCBr)c(OCCC(C)C)c2ccccc12. The van der Waals surface area contributed by atoms with E-state index in [4.69, 9.17) is 9.47 Å². The number of rotatable bonds is 10. The van der Waals surface area contributed by atoms with E-state index in [1.54, 1.807) is 0 Å². The lowest BCUT2D eigenvalue weighted by molar-refractivity contribution is 0.284. The van der Waals surface area contributed by atoms with Crippen LogP contribution >= 0.6 is 15.9 Å². The molecule has 0 heterocycles. The first-order valence-corrected chi connectivity index (χ1v) is 10.5. The minimum atomic E-state index is 0.643. The summed E-state index contributed by atoms with van der Waals surface area (Å²) >= 11 is 3.58. The highest BCUT2D eigenvalue weighted by Crippen LogP contribution is 2.37. The van der Waals surface area contributed by atoms with Gasteiger partial charge in [-0.2, -0.15) is 0 Å². The van der Waals surface area contributed by atoms with Crippen LogP contribution in [0.25, 0.3) is 10.8 Å². The van der Waals surface area contributed by atoms with Gasteiger partial charge in [-0.05, 0) is 42.7 Å². The number of halogens is 1. The minimum Gasteiger partial charge on any atom is -0.493 e. The maximum absolute atomic E-state index is 6.24. The number of hydrogen-bond donors (Lipinski definition) is 0. The van der Waals surface area contributed by atoms with Crippen LogP contribution in [0, 0.1) is 11.8 Å². The number of aryl methyl sites for hydroxylation is 1. The molecule has 0 radical (unpaired) electrons. The van der Waals surface area contributed by atoms with Gasteiger partial charge in [-0.3, -0.25) is 0 Å². The molecule has 2 aromatic rings. The monoisotopic (exact) mass is 406 g/mol. The largest absolute Gasteiger partial charge is 0.493 e. The van der Waals surface area contributed by atoms with Crippen LogP contribution in [0.4, 0.5) is 0 Å². The van der Waals surface area contributed by atoms with Crippen LogP contribution in [0.2, 0.25) is 0 Å². The zero-order valence-corrected chi connectivity index (χ0v) is 17.6. The number of ether oxygens (including phenoxy) is 2. The molecule has 0 aliphatic carbocycles. The summed E-state index contributed by atoms with van der Waals surface area (Å²) < 4.78 is 12.4. The van der Waals surface area contributed by atoms with E-state index in [0.717, 1.165) is 60.1 Å². The molecule has 0 spiro atoms. The second kappa shape index (κ2) is 10.1. The van der Waals surface area contributed by atoms with Crippen molar-refractivity contribution >= 4 is 26.7 Å². The van der Waals surface area contributed by atoms with E-state index in [1.165, 1.54) is 5.56 Å². The van der Waals surface area contributed by atoms with E-state index in [0.29, 0.717) is 11.8 Å². The highest BCUT2D eigenvalue weighted by molar-refractivity contribution is 9.09. The number of alkyl halides is 1. The van der Waals surface area contributed by atoms with E-state index in [9.17, 15) is 0 Å². The summed E-state index contributed by atoms with van der Waals surface area (Å²) in [5.74, 6) is 3.28. The fraction of sp³-hybridized carbons (Fsp3) is 0.545. The maximum Gasteiger partial charge on any atom is 0.130 e. The lowest BCUT2D eigenvalue weighted by Gasteiger charge is -2.18. The van der Waals surface area contributed by atoms with Crippen molar-refractivity contribution in [2.75, 3.05) is 18.5 Å². The Morgan fingerprint density at radius 2 is 1.48 bits per heavy atom. The highest BCUT2D eigenvalue weighted by Gasteiger charge is 2.14. The van der Waals surface area contributed by atoms with Gasteiger partial charge >= 0.3 is 0 Å². The van der Waals surface area contributed by atoms with Crippen LogP contribution in [0.5, 0.6) is 11.5 Å². The molecule has 0 amide bonds. The molecule has 2 aromatic carbocycles. The molecule has 0 fully saturated rings. The van der Waals surface area contributed by atoms with E-state index in [-0.39, 0.29) is 0 Å². The molecule has 0 unspecified atom stereocenters. The van der Waals surface area contributed by atoms with E-state index in [1.807, 2.05) is 0 Å². The quantitative estimate of drug-likeness (QED) is 0.412. The summed E-state index contributed by atoms with van der Waals surface area (Å²) in [6.45, 7) is 10.4. The molecule has 0 saturated carbocycles. The van der Waals surface area contributed by atoms with Crippen molar-refractivity contribution < 1.29 is 9.47 Å². The summed E-state index contributed by atoms with van der Waals surface area (Å²) in [5.41, 5.74) is 1.22. The Kier molecular flexibility index (Phi) is 8.08. The molecule has 0 bridgehead atoms. The van der Waals surface area contributed by atoms with Crippen molar-refractivity contribution in [1.29, 1.82) is 0 Å². The van der Waals surface area contributed by atoms with Crippen LogP contribution in [-0.4, -0.2) is 18.5 Å². The van der Waals surface area contributed by atoms with Gasteiger partial charge in [0.25, 0.3) is 0 Å². The van der Waals surface area contributed by atoms with Crippen LogP contribution in [0.1, 0.15) is 46.1 Å². The molecule has 0 saturated heterocycles. The van der Waals surface area contributed by atoms with Gasteiger partial charge in [-0.1, -0.05) is 67.9 Å². The maximum atomic E-state index is 6.24. The highest BCUT2D eigenvalue weighted by atomic mass is 79.9. The smallest absolute Gasteiger partial charge is 0.130 e. The minimum absolute atomic E-state index is 0.643. The predicted octanol–water partition coefficient (Wildman–Crippen LogP) is 6.63. The zero-order chi connectivity index (χ0) is 18.2. The van der Waals surface area contributed by atoms with Crippen LogP contribution in [0.15, 0.2) is 30.3 Å². The summed E-state index contributed by atoms with van der Waals surface area (Å²) in [5, 5.41) is 3.21. The third-order valence-corrected chi connectivity index (χ3v) is 4.69. The normalized spacial score (nSPS) is 11.5. The molecule has 0 N–H and O–H groups in total. The number of benzene rings is 2. The number of fused-ring (bicyclic) bond motifs is 1. The summed E-state index contributed by atoms with van der Waals surface area (Å²) in [4.78, 5) is 0. The number of hydrogen-bond acceptors (Lipinski definition) is 2. The van der Waals surface area contributed by atoms with Crippen LogP contribution in [0.3, 0.4) is 0 Å². The molecule has 2 rings (SSSR count). The van der Waals surface area contributed by atoms with Gasteiger partial charge in [0.15, 0.2) is 0 Å². The van der Waals surface area contributed by atoms with E-state index >= 15 is 0 Å². The third kappa shape index (κ3) is 5.91. The Bertz CT molecular complexity index is 664. The van der Waals surface area contributed by atoms with Crippen LogP contribution < -0.4 is 9.47 Å². The summed E-state index contributed by atoms with van der Waals surface area (Å²) in [6, 6.07) is 10.6. The summed E-state index contributed by atoms with van der Waals surface area (Å²) in [6.07, 6.45) is 3.06. The van der Waals surface area contributed by atoms with Crippen molar-refractivity contribution in [2.45, 2.75) is 47.0 Å². The Labute approximate surface area is 161 Å². The van der Waals surface area contributed by atoms with Gasteiger partial charge in [0, 0.05) is 16.1 Å². The van der Waals surface area contributed by atoms with Gasteiger partial charge in [0.1, 0.15) is 11.5 Å². The Morgan fingerprint density at radius 3 is 2.08 bits per heavy atom. The summed E-state index contributed by atoms with van der Waals surface area (Å²) in [7, 11) is 0. The average molecular weight is 407 g/mol. The van der Waals surface area contributed by atoms with Gasteiger partial charge < -0.3 is 9.47 Å². The Balaban J connectivity index is 2.36. The average Bonchev–Trinajstić information content (AvgIpc) is 2.57. The molecule has 0 aliphatic rings. The van der Waals surface area contributed by atoms with Crippen molar-refractivity contribution in [3.05, 3.63) is 35.9 Å². The fourth-order valence-corrected chi connectivity index (χ4v) is 3.18. The first-order valence-electron chi connectivity index (χ1n) is 9.39. The molecule has 0 aromatic heterocycles. The lowest BCUT2D eigenvalue weighted by atomic mass is 10.0. The molecule has 138 valence electrons. The lowest BCUT2D eigenvalue weighted by Crippen LogP contribution is -2.06. The topological polar surface area (TPSA) is 18.5 Å². The Hall–Kier alpha value is -1.22. The van der Waals surface area contributed by atoms with Crippen molar-refractivity contribution in [1.82, 2.24) is 0 Å². The molecule has 0 aliphatic heterocycles. The van der Waals surface area contributed by atoms with Gasteiger partial charge in [-0.15, -0.1) is 0 Å². The van der Waals surface area contributed by atoms with Crippen LogP contribution in [-0.2, 0) is 6.42 Å². The Morgan fingerprint density at radius 1 is 0.880 bits per heavy atom. The van der Waals surface area contributed by atoms with E-state index in [2.05, 4.69) is 74.0 Å². The van der Waals surface area contributed by atoms with Gasteiger partial charge in [0.2, 0.25) is 0 Å². The molecular formula is C22H31BrO2. The molecule has 0 atom stereocenters. The fourth-order valence-electron chi connectivity index (χ4n) is 2.75. The zero-order valence-electron chi connectivity index (χ0n) is 16.0. The molecular weight excluding hydrogens is 376 g/mol. The third-order valence-electron chi connectivity index (χ3n) is 4.29.